The molecule has 1 aliphatic rings. The summed E-state index contributed by atoms with van der Waals surface area (Å²) in [4.78, 5) is 0. The molecule has 0 radical (unpaired) electrons. The largest absolute Gasteiger partial charge is 0.317 e. The first-order valence-electron chi connectivity index (χ1n) is 5.48. The van der Waals surface area contributed by atoms with Gasteiger partial charge in [-0.1, -0.05) is 6.42 Å². The van der Waals surface area contributed by atoms with Crippen molar-refractivity contribution in [3.05, 3.63) is 0 Å². The standard InChI is InChI=1S/C10H21NO2S2/c1-11-9-4-3-5-10(8-9)14-6-7-15(2,12)13/h9-11H,3-8H2,1-2H3. The minimum absolute atomic E-state index is 0.318. The van der Waals surface area contributed by atoms with E-state index in [0.717, 1.165) is 5.75 Å². The molecule has 0 bridgehead atoms. The second-order valence-corrected chi connectivity index (χ2v) is 7.94. The summed E-state index contributed by atoms with van der Waals surface area (Å²) in [6, 6.07) is 0.634. The lowest BCUT2D eigenvalue weighted by molar-refractivity contribution is 0.402. The van der Waals surface area contributed by atoms with Gasteiger partial charge in [-0.2, -0.15) is 11.8 Å². The molecule has 1 saturated carbocycles. The van der Waals surface area contributed by atoms with E-state index < -0.39 is 9.84 Å². The molecule has 1 aliphatic carbocycles. The van der Waals surface area contributed by atoms with Gasteiger partial charge in [0.25, 0.3) is 0 Å². The van der Waals surface area contributed by atoms with Gasteiger partial charge in [-0.3, -0.25) is 0 Å². The van der Waals surface area contributed by atoms with E-state index in [0.29, 0.717) is 17.0 Å². The summed E-state index contributed by atoms with van der Waals surface area (Å²) < 4.78 is 21.9. The van der Waals surface area contributed by atoms with Gasteiger partial charge in [-0.15, -0.1) is 0 Å². The first-order valence-corrected chi connectivity index (χ1v) is 8.59. The molecule has 1 N–H and O–H groups in total. The van der Waals surface area contributed by atoms with Crippen molar-refractivity contribution in [1.82, 2.24) is 5.32 Å². The number of hydrogen-bond acceptors (Lipinski definition) is 4. The Bertz CT molecular complexity index is 277. The predicted octanol–water partition coefficient (Wildman–Crippen LogP) is 1.29. The van der Waals surface area contributed by atoms with Crippen LogP contribution in [-0.2, 0) is 9.84 Å². The van der Waals surface area contributed by atoms with E-state index in [1.165, 1.54) is 31.9 Å². The van der Waals surface area contributed by atoms with Crippen molar-refractivity contribution in [2.75, 3.05) is 24.8 Å². The van der Waals surface area contributed by atoms with Crippen LogP contribution in [0.3, 0.4) is 0 Å². The molecule has 0 aromatic heterocycles. The van der Waals surface area contributed by atoms with E-state index in [1.807, 2.05) is 18.8 Å². The zero-order valence-electron chi connectivity index (χ0n) is 9.53. The Hall–Kier alpha value is 0.260. The lowest BCUT2D eigenvalue weighted by Crippen LogP contribution is -2.32. The molecule has 0 heterocycles. The average molecular weight is 251 g/mol. The van der Waals surface area contributed by atoms with E-state index in [4.69, 9.17) is 0 Å². The maximum atomic E-state index is 11.0. The van der Waals surface area contributed by atoms with E-state index in [-0.39, 0.29) is 0 Å². The van der Waals surface area contributed by atoms with Gasteiger partial charge in [0.2, 0.25) is 0 Å². The zero-order chi connectivity index (χ0) is 11.3. The van der Waals surface area contributed by atoms with Gasteiger partial charge in [0.05, 0.1) is 5.75 Å². The number of nitrogens with one attached hydrogen (secondary N) is 1. The first kappa shape index (κ1) is 13.3. The van der Waals surface area contributed by atoms with Crippen LogP contribution in [0.2, 0.25) is 0 Å². The minimum atomic E-state index is -2.78. The number of thioether (sulfide) groups is 1. The monoisotopic (exact) mass is 251 g/mol. The molecule has 0 spiro atoms. The SMILES string of the molecule is CNC1CCCC(SCCS(C)(=O)=O)C1. The molecule has 0 aromatic rings. The summed E-state index contributed by atoms with van der Waals surface area (Å²) in [5.74, 6) is 1.07. The van der Waals surface area contributed by atoms with Gasteiger partial charge in [-0.25, -0.2) is 8.42 Å². The van der Waals surface area contributed by atoms with Crippen LogP contribution < -0.4 is 5.32 Å². The molecule has 90 valence electrons. The molecule has 2 unspecified atom stereocenters. The first-order chi connectivity index (χ1) is 7.01. The quantitative estimate of drug-likeness (QED) is 0.800. The smallest absolute Gasteiger partial charge is 0.148 e. The molecular formula is C10H21NO2S2. The van der Waals surface area contributed by atoms with Crippen molar-refractivity contribution in [3.63, 3.8) is 0 Å². The molecule has 0 aromatic carbocycles. The molecular weight excluding hydrogens is 230 g/mol. The molecule has 0 saturated heterocycles. The Morgan fingerprint density at radius 3 is 2.73 bits per heavy atom. The third-order valence-corrected chi connectivity index (χ3v) is 5.39. The van der Waals surface area contributed by atoms with Crippen LogP contribution in [0.4, 0.5) is 0 Å². The fourth-order valence-electron chi connectivity index (χ4n) is 1.92. The summed E-state index contributed by atoms with van der Waals surface area (Å²) in [6.45, 7) is 0. The maximum Gasteiger partial charge on any atom is 0.148 e. The van der Waals surface area contributed by atoms with Crippen LogP contribution in [0.15, 0.2) is 0 Å². The van der Waals surface area contributed by atoms with Crippen LogP contribution in [0.25, 0.3) is 0 Å². The predicted molar refractivity (Wildman–Crippen MR) is 67.3 cm³/mol. The average Bonchev–Trinajstić information content (AvgIpc) is 2.16. The second-order valence-electron chi connectivity index (χ2n) is 4.27. The summed E-state index contributed by atoms with van der Waals surface area (Å²) in [7, 11) is -0.772. The Morgan fingerprint density at radius 1 is 1.40 bits per heavy atom. The van der Waals surface area contributed by atoms with Crippen LogP contribution in [0.1, 0.15) is 25.7 Å². The van der Waals surface area contributed by atoms with Crippen LogP contribution >= 0.6 is 11.8 Å². The van der Waals surface area contributed by atoms with Crippen molar-refractivity contribution in [2.45, 2.75) is 37.0 Å². The zero-order valence-corrected chi connectivity index (χ0v) is 11.2. The minimum Gasteiger partial charge on any atom is -0.317 e. The highest BCUT2D eigenvalue weighted by molar-refractivity contribution is 8.01. The summed E-state index contributed by atoms with van der Waals surface area (Å²) in [5.41, 5.74) is 0. The molecule has 0 amide bonds. The van der Waals surface area contributed by atoms with Crippen molar-refractivity contribution < 1.29 is 8.42 Å². The number of hydrogen-bond donors (Lipinski definition) is 1. The lowest BCUT2D eigenvalue weighted by Gasteiger charge is -2.28. The van der Waals surface area contributed by atoms with E-state index in [1.54, 1.807) is 0 Å². The molecule has 2 atom stereocenters. The highest BCUT2D eigenvalue weighted by Crippen LogP contribution is 2.28. The maximum absolute atomic E-state index is 11.0. The summed E-state index contributed by atoms with van der Waals surface area (Å²) >= 11 is 1.82. The van der Waals surface area contributed by atoms with Crippen molar-refractivity contribution in [3.8, 4) is 0 Å². The molecule has 1 rings (SSSR count). The Morgan fingerprint density at radius 2 is 2.13 bits per heavy atom. The van der Waals surface area contributed by atoms with Gasteiger partial charge >= 0.3 is 0 Å². The molecule has 1 fully saturated rings. The molecule has 3 nitrogen and oxygen atoms in total. The summed E-state index contributed by atoms with van der Waals surface area (Å²) in [6.07, 6.45) is 6.27. The Labute approximate surface area is 97.3 Å². The molecule has 0 aliphatic heterocycles. The van der Waals surface area contributed by atoms with Gasteiger partial charge in [0.15, 0.2) is 0 Å². The van der Waals surface area contributed by atoms with Gasteiger partial charge in [0, 0.05) is 23.3 Å². The van der Waals surface area contributed by atoms with Crippen LogP contribution in [0.5, 0.6) is 0 Å². The van der Waals surface area contributed by atoms with E-state index >= 15 is 0 Å². The van der Waals surface area contributed by atoms with Crippen molar-refractivity contribution >= 4 is 21.6 Å². The van der Waals surface area contributed by atoms with Gasteiger partial charge < -0.3 is 5.32 Å². The van der Waals surface area contributed by atoms with E-state index in [9.17, 15) is 8.42 Å². The normalized spacial score (nSPS) is 27.9. The van der Waals surface area contributed by atoms with E-state index in [2.05, 4.69) is 5.32 Å². The summed E-state index contributed by atoms with van der Waals surface area (Å²) in [5, 5.41) is 3.96. The second kappa shape index (κ2) is 6.11. The fraction of sp³-hybridized carbons (Fsp3) is 1.00. The Balaban J connectivity index is 2.21. The number of sulfone groups is 1. The molecule has 5 heteroatoms. The topological polar surface area (TPSA) is 46.2 Å². The third kappa shape index (κ3) is 5.78. The Kier molecular flexibility index (Phi) is 5.43. The fourth-order valence-corrected chi connectivity index (χ4v) is 4.56. The van der Waals surface area contributed by atoms with Crippen LogP contribution in [0, 0.1) is 0 Å². The van der Waals surface area contributed by atoms with Crippen LogP contribution in [-0.4, -0.2) is 44.5 Å². The number of rotatable bonds is 5. The van der Waals surface area contributed by atoms with Crippen molar-refractivity contribution in [1.29, 1.82) is 0 Å². The third-order valence-electron chi connectivity index (χ3n) is 2.84. The lowest BCUT2D eigenvalue weighted by atomic mass is 9.95. The van der Waals surface area contributed by atoms with Gasteiger partial charge in [-0.05, 0) is 26.3 Å². The molecule has 15 heavy (non-hydrogen) atoms. The van der Waals surface area contributed by atoms with Gasteiger partial charge in [0.1, 0.15) is 9.84 Å². The highest BCUT2D eigenvalue weighted by Gasteiger charge is 2.21. The van der Waals surface area contributed by atoms with Crippen molar-refractivity contribution in [2.24, 2.45) is 0 Å². The highest BCUT2D eigenvalue weighted by atomic mass is 32.2.